The minimum Gasteiger partial charge on any atom is -0.476 e. The molecule has 7 heteroatoms. The number of pyridine rings is 2. The molecule has 34 heavy (non-hydrogen) atoms. The highest BCUT2D eigenvalue weighted by Gasteiger charge is 2.21. The third-order valence-corrected chi connectivity index (χ3v) is 6.63. The standard InChI is InChI=1S/C27H35N5O2/c1-32(2)13-14-34-26-12-11-21(18-29-26)25-15-23(22-5-3-4-6-24(22)31-25)27(33)30-17-20-9-7-19(16-28)8-10-20/h3-6,11-12,15,18-20H,7-10,13-14,16-17,28H2,1-2H3,(H,30,33)/t19-,20-. The van der Waals surface area contributed by atoms with Crippen LogP contribution >= 0.6 is 0 Å². The average Bonchev–Trinajstić information content (AvgIpc) is 2.87. The van der Waals surface area contributed by atoms with Gasteiger partial charge in [0.1, 0.15) is 6.61 Å². The van der Waals surface area contributed by atoms with Crippen molar-refractivity contribution in [2.75, 3.05) is 40.3 Å². The van der Waals surface area contributed by atoms with Gasteiger partial charge in [-0.15, -0.1) is 0 Å². The van der Waals surface area contributed by atoms with Crippen LogP contribution in [0.3, 0.4) is 0 Å². The van der Waals surface area contributed by atoms with E-state index in [4.69, 9.17) is 15.5 Å². The Morgan fingerprint density at radius 2 is 1.88 bits per heavy atom. The number of para-hydroxylation sites is 1. The van der Waals surface area contributed by atoms with E-state index in [0.29, 0.717) is 36.4 Å². The number of hydrogen-bond donors (Lipinski definition) is 2. The Morgan fingerprint density at radius 1 is 1.12 bits per heavy atom. The van der Waals surface area contributed by atoms with Crippen LogP contribution < -0.4 is 15.8 Å². The highest BCUT2D eigenvalue weighted by Crippen LogP contribution is 2.28. The zero-order valence-electron chi connectivity index (χ0n) is 20.2. The molecule has 1 saturated carbocycles. The number of rotatable bonds is 9. The lowest BCUT2D eigenvalue weighted by molar-refractivity contribution is 0.0943. The largest absolute Gasteiger partial charge is 0.476 e. The van der Waals surface area contributed by atoms with Crippen molar-refractivity contribution in [1.82, 2.24) is 20.2 Å². The summed E-state index contributed by atoms with van der Waals surface area (Å²) in [6.45, 7) is 2.86. The molecule has 4 rings (SSSR count). The molecule has 0 aliphatic heterocycles. The number of amides is 1. The number of nitrogens with one attached hydrogen (secondary N) is 1. The fraction of sp³-hybridized carbons (Fsp3) is 0.444. The predicted molar refractivity (Wildman–Crippen MR) is 136 cm³/mol. The van der Waals surface area contributed by atoms with Crippen molar-refractivity contribution < 1.29 is 9.53 Å². The smallest absolute Gasteiger partial charge is 0.252 e. The lowest BCUT2D eigenvalue weighted by Crippen LogP contribution is -2.32. The number of fused-ring (bicyclic) bond motifs is 1. The Balaban J connectivity index is 1.49. The van der Waals surface area contributed by atoms with Gasteiger partial charge in [-0.2, -0.15) is 0 Å². The van der Waals surface area contributed by atoms with Crippen LogP contribution in [0.2, 0.25) is 0 Å². The summed E-state index contributed by atoms with van der Waals surface area (Å²) < 4.78 is 5.70. The van der Waals surface area contributed by atoms with Gasteiger partial charge in [0.15, 0.2) is 0 Å². The number of likely N-dealkylation sites (N-methyl/N-ethyl adjacent to an activating group) is 1. The first-order valence-corrected chi connectivity index (χ1v) is 12.2. The monoisotopic (exact) mass is 461 g/mol. The first-order chi connectivity index (χ1) is 16.5. The average molecular weight is 462 g/mol. The molecule has 0 saturated heterocycles. The maximum Gasteiger partial charge on any atom is 0.252 e. The lowest BCUT2D eigenvalue weighted by Gasteiger charge is -2.27. The maximum absolute atomic E-state index is 13.2. The molecule has 2 heterocycles. The van der Waals surface area contributed by atoms with Crippen LogP contribution in [0.25, 0.3) is 22.2 Å². The van der Waals surface area contributed by atoms with Crippen molar-refractivity contribution in [3.8, 4) is 17.1 Å². The third-order valence-electron chi connectivity index (χ3n) is 6.63. The summed E-state index contributed by atoms with van der Waals surface area (Å²) in [5.41, 5.74) is 8.82. The molecule has 0 unspecified atom stereocenters. The molecule has 7 nitrogen and oxygen atoms in total. The van der Waals surface area contributed by atoms with Crippen LogP contribution in [-0.4, -0.2) is 61.1 Å². The Hall–Kier alpha value is -3.03. The quantitative estimate of drug-likeness (QED) is 0.504. The van der Waals surface area contributed by atoms with Crippen LogP contribution in [0, 0.1) is 11.8 Å². The van der Waals surface area contributed by atoms with Crippen molar-refractivity contribution in [2.45, 2.75) is 25.7 Å². The van der Waals surface area contributed by atoms with Crippen LogP contribution in [0.4, 0.5) is 0 Å². The SMILES string of the molecule is CN(C)CCOc1ccc(-c2cc(C(=O)NC[C@H]3CC[C@H](CN)CC3)c3ccccc3n2)cn1. The summed E-state index contributed by atoms with van der Waals surface area (Å²) in [5.74, 6) is 1.67. The molecule has 0 atom stereocenters. The highest BCUT2D eigenvalue weighted by molar-refractivity contribution is 6.07. The summed E-state index contributed by atoms with van der Waals surface area (Å²) in [5, 5.41) is 4.03. The molecule has 1 aromatic carbocycles. The second kappa shape index (κ2) is 11.4. The fourth-order valence-electron chi connectivity index (χ4n) is 4.46. The molecule has 1 amide bonds. The van der Waals surface area contributed by atoms with Crippen LogP contribution in [0.1, 0.15) is 36.0 Å². The molecule has 1 aliphatic carbocycles. The Morgan fingerprint density at radius 3 is 2.59 bits per heavy atom. The molecule has 0 spiro atoms. The van der Waals surface area contributed by atoms with Crippen molar-refractivity contribution >= 4 is 16.8 Å². The van der Waals surface area contributed by atoms with E-state index < -0.39 is 0 Å². The van der Waals surface area contributed by atoms with E-state index in [-0.39, 0.29) is 5.91 Å². The number of ether oxygens (including phenoxy) is 1. The van der Waals surface area contributed by atoms with Crippen LogP contribution in [0.15, 0.2) is 48.7 Å². The van der Waals surface area contributed by atoms with Gasteiger partial charge in [-0.1, -0.05) is 18.2 Å². The van der Waals surface area contributed by atoms with E-state index in [1.165, 1.54) is 0 Å². The second-order valence-corrected chi connectivity index (χ2v) is 9.44. The first kappa shape index (κ1) is 24.1. The summed E-state index contributed by atoms with van der Waals surface area (Å²) in [7, 11) is 4.01. The van der Waals surface area contributed by atoms with Gasteiger partial charge in [-0.3, -0.25) is 4.79 Å². The van der Waals surface area contributed by atoms with E-state index in [1.807, 2.05) is 56.6 Å². The summed E-state index contributed by atoms with van der Waals surface area (Å²) in [4.78, 5) is 24.5. The molecule has 3 aromatic rings. The number of benzene rings is 1. The van der Waals surface area contributed by atoms with E-state index in [0.717, 1.165) is 60.9 Å². The van der Waals surface area contributed by atoms with E-state index in [9.17, 15) is 4.79 Å². The number of nitrogens with two attached hydrogens (primary N) is 1. The van der Waals surface area contributed by atoms with Crippen LogP contribution in [0.5, 0.6) is 5.88 Å². The molecule has 3 N–H and O–H groups in total. The molecule has 2 aromatic heterocycles. The summed E-state index contributed by atoms with van der Waals surface area (Å²) in [6.07, 6.45) is 6.31. The fourth-order valence-corrected chi connectivity index (χ4v) is 4.46. The normalized spacial score (nSPS) is 18.2. The maximum atomic E-state index is 13.2. The lowest BCUT2D eigenvalue weighted by atomic mass is 9.82. The van der Waals surface area contributed by atoms with E-state index in [2.05, 4.69) is 15.2 Å². The number of aromatic nitrogens is 2. The van der Waals surface area contributed by atoms with Crippen molar-refractivity contribution in [3.05, 3.63) is 54.2 Å². The van der Waals surface area contributed by atoms with Gasteiger partial charge < -0.3 is 20.7 Å². The zero-order chi connectivity index (χ0) is 23.9. The topological polar surface area (TPSA) is 93.4 Å². The van der Waals surface area contributed by atoms with Crippen molar-refractivity contribution in [3.63, 3.8) is 0 Å². The number of carbonyl (C=O) groups is 1. The van der Waals surface area contributed by atoms with Crippen molar-refractivity contribution in [1.29, 1.82) is 0 Å². The Kier molecular flexibility index (Phi) is 8.08. The molecule has 0 radical (unpaired) electrons. The van der Waals surface area contributed by atoms with Gasteiger partial charge in [0.2, 0.25) is 5.88 Å². The van der Waals surface area contributed by atoms with Gasteiger partial charge in [0.25, 0.3) is 5.91 Å². The van der Waals surface area contributed by atoms with Crippen molar-refractivity contribution in [2.24, 2.45) is 17.6 Å². The van der Waals surface area contributed by atoms with Gasteiger partial charge in [-0.25, -0.2) is 9.97 Å². The van der Waals surface area contributed by atoms with Crippen LogP contribution in [-0.2, 0) is 0 Å². The minimum atomic E-state index is -0.0580. The molecule has 1 aliphatic rings. The molecular formula is C27H35N5O2. The molecule has 180 valence electrons. The summed E-state index contributed by atoms with van der Waals surface area (Å²) >= 11 is 0. The molecule has 0 bridgehead atoms. The van der Waals surface area contributed by atoms with E-state index >= 15 is 0 Å². The third kappa shape index (κ3) is 6.10. The first-order valence-electron chi connectivity index (χ1n) is 12.2. The number of carbonyl (C=O) groups excluding carboxylic acids is 1. The zero-order valence-corrected chi connectivity index (χ0v) is 20.2. The number of nitrogens with zero attached hydrogens (tertiary/aromatic N) is 3. The van der Waals surface area contributed by atoms with Gasteiger partial charge >= 0.3 is 0 Å². The Labute approximate surface area is 201 Å². The molecular weight excluding hydrogens is 426 g/mol. The number of hydrogen-bond acceptors (Lipinski definition) is 6. The van der Waals surface area contributed by atoms with Gasteiger partial charge in [0, 0.05) is 36.3 Å². The second-order valence-electron chi connectivity index (χ2n) is 9.44. The predicted octanol–water partition coefficient (Wildman–Crippen LogP) is 3.73. The highest BCUT2D eigenvalue weighted by atomic mass is 16.5. The van der Waals surface area contributed by atoms with Gasteiger partial charge in [-0.05, 0) is 76.4 Å². The Bertz CT molecular complexity index is 1090. The minimum absolute atomic E-state index is 0.0580. The van der Waals surface area contributed by atoms with E-state index in [1.54, 1.807) is 6.20 Å². The summed E-state index contributed by atoms with van der Waals surface area (Å²) in [6, 6.07) is 13.4. The van der Waals surface area contributed by atoms with Gasteiger partial charge in [0.05, 0.1) is 16.8 Å². The molecule has 1 fully saturated rings.